The largest absolute Gasteiger partial charge is 0.386 e. The van der Waals surface area contributed by atoms with Crippen LogP contribution < -0.4 is 16.4 Å². The molecular formula is C26H39F5N8O2. The van der Waals surface area contributed by atoms with Gasteiger partial charge in [0.25, 0.3) is 0 Å². The number of aryl methyl sites for hydroxylation is 2. The lowest BCUT2D eigenvalue weighted by molar-refractivity contribution is -0.126. The Bertz CT molecular complexity index is 1160. The Morgan fingerprint density at radius 3 is 2.27 bits per heavy atom. The van der Waals surface area contributed by atoms with Gasteiger partial charge in [-0.1, -0.05) is 6.07 Å². The number of aromatic nitrogens is 5. The van der Waals surface area contributed by atoms with E-state index in [4.69, 9.17) is 5.73 Å². The molecule has 0 saturated carbocycles. The van der Waals surface area contributed by atoms with Gasteiger partial charge >= 0.3 is 6.18 Å². The van der Waals surface area contributed by atoms with E-state index < -0.39 is 18.3 Å². The molecule has 0 fully saturated rings. The van der Waals surface area contributed by atoms with Crippen molar-refractivity contribution in [1.82, 2.24) is 30.0 Å². The van der Waals surface area contributed by atoms with Crippen LogP contribution in [0.25, 0.3) is 11.5 Å². The third kappa shape index (κ3) is 13.3. The average molecular weight is 591 g/mol. The number of nitrogens with zero attached hydrogens (tertiary/aromatic N) is 5. The summed E-state index contributed by atoms with van der Waals surface area (Å²) in [7, 11) is 0.500. The molecule has 0 aliphatic carbocycles. The predicted molar refractivity (Wildman–Crippen MR) is 148 cm³/mol. The van der Waals surface area contributed by atoms with E-state index in [2.05, 4.69) is 30.7 Å². The highest BCUT2D eigenvalue weighted by atomic mass is 19.4. The fourth-order valence-corrected chi connectivity index (χ4v) is 3.26. The van der Waals surface area contributed by atoms with Crippen molar-refractivity contribution in [3.05, 3.63) is 35.8 Å². The van der Waals surface area contributed by atoms with E-state index in [0.717, 1.165) is 0 Å². The molecule has 0 radical (unpaired) electrons. The van der Waals surface area contributed by atoms with Gasteiger partial charge < -0.3 is 16.4 Å². The van der Waals surface area contributed by atoms with Gasteiger partial charge in [0.15, 0.2) is 5.82 Å². The van der Waals surface area contributed by atoms with E-state index >= 15 is 0 Å². The van der Waals surface area contributed by atoms with Gasteiger partial charge in [-0.25, -0.2) is 15.0 Å². The Labute approximate surface area is 236 Å². The molecule has 0 aromatic carbocycles. The van der Waals surface area contributed by atoms with Crippen molar-refractivity contribution in [3.8, 4) is 11.5 Å². The first-order valence-corrected chi connectivity index (χ1v) is 12.6. The number of nitrogens with two attached hydrogens (primary N) is 1. The smallest absolute Gasteiger partial charge is 0.383 e. The van der Waals surface area contributed by atoms with Crippen molar-refractivity contribution in [2.75, 3.05) is 24.9 Å². The van der Waals surface area contributed by atoms with E-state index in [0.29, 0.717) is 50.1 Å². The van der Waals surface area contributed by atoms with Gasteiger partial charge in [-0.05, 0) is 59.6 Å². The summed E-state index contributed by atoms with van der Waals surface area (Å²) in [4.78, 5) is 37.5. The molecular weight excluding hydrogens is 551 g/mol. The minimum Gasteiger partial charge on any atom is -0.383 e. The molecule has 0 unspecified atom stereocenters. The molecule has 2 rings (SSSR count). The Hall–Kier alpha value is -3.91. The summed E-state index contributed by atoms with van der Waals surface area (Å²) < 4.78 is 54.8. The van der Waals surface area contributed by atoms with Crippen LogP contribution >= 0.6 is 0 Å². The van der Waals surface area contributed by atoms with Crippen LogP contribution in [0.15, 0.2) is 24.4 Å². The number of nitrogens with one attached hydrogen (secondary N) is 2. The van der Waals surface area contributed by atoms with Gasteiger partial charge in [-0.15, -0.1) is 0 Å². The number of rotatable bonds is 10. The number of hydrogen-bond acceptors (Lipinski definition) is 7. The fourth-order valence-electron chi connectivity index (χ4n) is 3.26. The quantitative estimate of drug-likeness (QED) is 0.200. The van der Waals surface area contributed by atoms with E-state index in [9.17, 15) is 31.5 Å². The molecule has 0 atom stereocenters. The summed E-state index contributed by atoms with van der Waals surface area (Å²) in [6.45, 7) is 9.08. The van der Waals surface area contributed by atoms with Crippen molar-refractivity contribution < 1.29 is 31.5 Å². The number of nitrogen functional groups attached to an aromatic ring is 1. The number of anilines is 2. The van der Waals surface area contributed by atoms with Crippen molar-refractivity contribution in [1.29, 1.82) is 0 Å². The molecule has 4 N–H and O–H groups in total. The number of carbonyl (C=O) groups excluding carboxylic acids is 2. The molecule has 230 valence electrons. The molecule has 2 aromatic rings. The first-order valence-electron chi connectivity index (χ1n) is 12.6. The Kier molecular flexibility index (Phi) is 16.0. The summed E-state index contributed by atoms with van der Waals surface area (Å²) >= 11 is 0. The third-order valence-electron chi connectivity index (χ3n) is 5.04. The van der Waals surface area contributed by atoms with Gasteiger partial charge in [0, 0.05) is 25.7 Å². The normalized spacial score (nSPS) is 10.9. The molecule has 2 aromatic heterocycles. The van der Waals surface area contributed by atoms with Crippen LogP contribution in [-0.2, 0) is 21.5 Å². The Morgan fingerprint density at radius 1 is 1.12 bits per heavy atom. The van der Waals surface area contributed by atoms with Crippen LogP contribution in [0.2, 0.25) is 0 Å². The highest BCUT2D eigenvalue weighted by molar-refractivity contribution is 5.92. The fraction of sp³-hybridized carbons (Fsp3) is 0.538. The highest BCUT2D eigenvalue weighted by Crippen LogP contribution is 2.34. The summed E-state index contributed by atoms with van der Waals surface area (Å²) in [5.74, 6) is 0.635. The van der Waals surface area contributed by atoms with Crippen LogP contribution in [0.5, 0.6) is 0 Å². The number of unbranched alkanes of at least 4 members (excludes halogenated alkanes) is 1. The second-order valence-corrected chi connectivity index (χ2v) is 9.33. The average Bonchev–Trinajstić information content (AvgIpc) is 2.94. The lowest BCUT2D eigenvalue weighted by Gasteiger charge is -2.28. The van der Waals surface area contributed by atoms with Crippen molar-refractivity contribution in [2.24, 2.45) is 0 Å². The van der Waals surface area contributed by atoms with Crippen LogP contribution in [0.1, 0.15) is 58.8 Å². The second-order valence-electron chi connectivity index (χ2n) is 9.33. The lowest BCUT2D eigenvalue weighted by atomic mass is 9.83. The van der Waals surface area contributed by atoms with E-state index in [1.54, 1.807) is 49.8 Å². The van der Waals surface area contributed by atoms with Crippen LogP contribution in [0.3, 0.4) is 0 Å². The topological polar surface area (TPSA) is 141 Å². The van der Waals surface area contributed by atoms with Crippen molar-refractivity contribution in [3.63, 3.8) is 0 Å². The van der Waals surface area contributed by atoms with E-state index in [1.807, 2.05) is 13.8 Å². The van der Waals surface area contributed by atoms with Crippen molar-refractivity contribution in [2.45, 2.75) is 78.6 Å². The van der Waals surface area contributed by atoms with E-state index in [-0.39, 0.29) is 36.3 Å². The number of hydrogen-bond donors (Lipinski definition) is 3. The van der Waals surface area contributed by atoms with Crippen molar-refractivity contribution >= 4 is 24.0 Å². The maximum Gasteiger partial charge on any atom is 0.386 e. The first-order chi connectivity index (χ1) is 19.1. The minimum atomic E-state index is -4.00. The zero-order valence-electron chi connectivity index (χ0n) is 24.3. The summed E-state index contributed by atoms with van der Waals surface area (Å²) in [5.41, 5.74) is 5.85. The third-order valence-corrected chi connectivity index (χ3v) is 5.04. The van der Waals surface area contributed by atoms with E-state index in [1.165, 1.54) is 0 Å². The minimum absolute atomic E-state index is 0.0409. The maximum absolute atomic E-state index is 12.9. The van der Waals surface area contributed by atoms with Crippen LogP contribution in [0.4, 0.5) is 33.6 Å². The highest BCUT2D eigenvalue weighted by Gasteiger charge is 2.36. The molecule has 0 spiro atoms. The van der Waals surface area contributed by atoms with Gasteiger partial charge in [0.1, 0.15) is 23.2 Å². The Balaban J connectivity index is 0.00000205. The SMILES string of the molecule is CC(F)(F)F.CF.Cc1nccccc(-c2nc(N)c(C(C)(C)C(=O)NC(C)C)c(NC=O)n2)nn1CCCCF. The number of carbonyl (C=O) groups is 2. The molecule has 15 heteroatoms. The standard InChI is InChI=1S/C23H33FN8O2.C2H3F3.CH3F/c1-15(2)28-22(34)23(4,5)18-19(25)29-20(30-21(18)27-14-33)17-10-6-8-12-26-16(3)32(31-17)13-9-7-11-24;1-2(3,4)5;1-2/h6,8,10,12,14-15H,7,9,11,13H2,1-5H3,(H,28,34)(H3,25,27,29,30,33);1H3;1H3. The molecule has 10 nitrogen and oxygen atoms in total. The number of alkyl halides is 5. The number of halogens is 5. The monoisotopic (exact) mass is 590 g/mol. The lowest BCUT2D eigenvalue weighted by Crippen LogP contribution is -2.44. The predicted octanol–water partition coefficient (Wildman–Crippen LogP) is 5.02. The first kappa shape index (κ1) is 37.1. The van der Waals surface area contributed by atoms with Gasteiger partial charge in [0.2, 0.25) is 12.3 Å². The molecule has 0 aliphatic heterocycles. The zero-order valence-corrected chi connectivity index (χ0v) is 24.3. The summed E-state index contributed by atoms with van der Waals surface area (Å²) in [5, 5.41) is 10.0. The van der Waals surface area contributed by atoms with Crippen LogP contribution in [-0.4, -0.2) is 63.1 Å². The zero-order chi connectivity index (χ0) is 31.8. The molecule has 0 saturated heterocycles. The second kappa shape index (κ2) is 17.7. The molecule has 0 aliphatic rings. The molecule has 41 heavy (non-hydrogen) atoms. The summed E-state index contributed by atoms with van der Waals surface area (Å²) in [6.07, 6.45) is -0.929. The van der Waals surface area contributed by atoms with Gasteiger partial charge in [0.05, 0.1) is 24.8 Å². The number of amides is 2. The molecule has 2 heterocycles. The maximum atomic E-state index is 12.9. The molecule has 0 bridgehead atoms. The van der Waals surface area contributed by atoms with Crippen LogP contribution in [0, 0.1) is 6.92 Å². The van der Waals surface area contributed by atoms with Gasteiger partial charge in [-0.2, -0.15) is 18.3 Å². The Morgan fingerprint density at radius 2 is 1.73 bits per heavy atom. The van der Waals surface area contributed by atoms with Gasteiger partial charge in [-0.3, -0.25) is 23.1 Å². The molecule has 2 amide bonds. The summed E-state index contributed by atoms with van der Waals surface area (Å²) in [6, 6.07) is 5.05.